The van der Waals surface area contributed by atoms with Gasteiger partial charge in [-0.25, -0.2) is 4.79 Å². The lowest BCUT2D eigenvalue weighted by Crippen LogP contribution is -2.41. The smallest absolute Gasteiger partial charge is 0.330 e. The Labute approximate surface area is 250 Å². The Kier molecular flexibility index (Phi) is 10.8. The highest BCUT2D eigenvalue weighted by molar-refractivity contribution is 5.98. The fourth-order valence-electron chi connectivity index (χ4n) is 5.03. The summed E-state index contributed by atoms with van der Waals surface area (Å²) in [5, 5.41) is 16.5. The average Bonchev–Trinajstić information content (AvgIpc) is 3.25. The number of nitrogens with zero attached hydrogens (tertiary/aromatic N) is 2. The van der Waals surface area contributed by atoms with Gasteiger partial charge in [-0.05, 0) is 53.8 Å². The number of hydrogen-bond donors (Lipinski definition) is 4. The molecule has 0 aliphatic carbocycles. The van der Waals surface area contributed by atoms with E-state index >= 15 is 0 Å². The van der Waals surface area contributed by atoms with Crippen molar-refractivity contribution in [2.75, 3.05) is 38.2 Å². The van der Waals surface area contributed by atoms with Gasteiger partial charge in [0.2, 0.25) is 5.91 Å². The molecule has 1 saturated heterocycles. The number of fused-ring (bicyclic) bond motifs is 1. The Morgan fingerprint density at radius 3 is 2.56 bits per heavy atom. The summed E-state index contributed by atoms with van der Waals surface area (Å²) in [6, 6.07) is 19.3. The molecule has 43 heavy (non-hydrogen) atoms. The van der Waals surface area contributed by atoms with Crippen molar-refractivity contribution in [2.24, 2.45) is 0 Å². The number of amides is 3. The Morgan fingerprint density at radius 2 is 1.74 bits per heavy atom. The van der Waals surface area contributed by atoms with Gasteiger partial charge in [0.15, 0.2) is 0 Å². The molecule has 0 radical (unpaired) electrons. The molecule has 1 atom stereocenters. The van der Waals surface area contributed by atoms with Crippen LogP contribution in [-0.4, -0.2) is 67.3 Å². The first-order chi connectivity index (χ1) is 20.7. The fourth-order valence-corrected chi connectivity index (χ4v) is 5.03. The molecule has 1 aliphatic heterocycles. The predicted octanol–water partition coefficient (Wildman–Crippen LogP) is 3.04. The lowest BCUT2D eigenvalue weighted by molar-refractivity contribution is -0.135. The summed E-state index contributed by atoms with van der Waals surface area (Å²) in [6.07, 6.45) is 2.91. The summed E-state index contributed by atoms with van der Waals surface area (Å²) in [6.45, 7) is 4.35. The van der Waals surface area contributed by atoms with Gasteiger partial charge < -0.3 is 20.2 Å². The maximum Gasteiger partial charge on any atom is 0.330 e. The standard InChI is InChI=1S/C32H37N5O6/c1-22(26-10-5-8-23-7-3-4-9-27(23)26)33-32(41)28-21-25(36-17-6-18-37(42)20-19-36)13-11-24(28)12-14-29(38)34-35-30(39)15-16-31(40)43-2/h3-5,7-11,13,15-16,21-22,42H,6,12,14,17-20H2,1-2H3,(H,33,41)(H,34,38)(H,35,39)/b16-15+. The summed E-state index contributed by atoms with van der Waals surface area (Å²) in [7, 11) is 1.19. The summed E-state index contributed by atoms with van der Waals surface area (Å²) in [5.74, 6) is -2.11. The summed E-state index contributed by atoms with van der Waals surface area (Å²) < 4.78 is 4.43. The van der Waals surface area contributed by atoms with Crippen LogP contribution in [-0.2, 0) is 25.5 Å². The number of nitrogens with one attached hydrogen (secondary N) is 3. The second-order valence-electron chi connectivity index (χ2n) is 10.3. The van der Waals surface area contributed by atoms with Gasteiger partial charge in [0, 0.05) is 56.0 Å². The molecule has 1 heterocycles. The molecule has 3 aromatic carbocycles. The van der Waals surface area contributed by atoms with Gasteiger partial charge in [0.05, 0.1) is 13.2 Å². The molecule has 11 heteroatoms. The molecule has 1 aliphatic rings. The molecule has 3 amide bonds. The zero-order valence-corrected chi connectivity index (χ0v) is 24.3. The van der Waals surface area contributed by atoms with Gasteiger partial charge >= 0.3 is 5.97 Å². The predicted molar refractivity (Wildman–Crippen MR) is 162 cm³/mol. The number of rotatable bonds is 9. The van der Waals surface area contributed by atoms with E-state index in [-0.39, 0.29) is 24.8 Å². The monoisotopic (exact) mass is 587 g/mol. The number of hydrazine groups is 1. The van der Waals surface area contributed by atoms with E-state index < -0.39 is 17.8 Å². The zero-order chi connectivity index (χ0) is 30.8. The normalized spacial score (nSPS) is 14.6. The van der Waals surface area contributed by atoms with Crippen molar-refractivity contribution < 1.29 is 29.1 Å². The molecular weight excluding hydrogens is 550 g/mol. The van der Waals surface area contributed by atoms with Crippen molar-refractivity contribution in [3.05, 3.63) is 89.5 Å². The number of methoxy groups -OCH3 is 1. The number of aryl methyl sites for hydroxylation is 1. The van der Waals surface area contributed by atoms with Crippen molar-refractivity contribution in [3.63, 3.8) is 0 Å². The highest BCUT2D eigenvalue weighted by Gasteiger charge is 2.20. The number of carbonyl (C=O) groups is 4. The van der Waals surface area contributed by atoms with Crippen LogP contribution in [0.5, 0.6) is 0 Å². The van der Waals surface area contributed by atoms with Gasteiger partial charge in [-0.15, -0.1) is 0 Å². The Bertz CT molecular complexity index is 1500. The van der Waals surface area contributed by atoms with Gasteiger partial charge in [0.25, 0.3) is 11.8 Å². The van der Waals surface area contributed by atoms with Crippen molar-refractivity contribution in [1.29, 1.82) is 0 Å². The van der Waals surface area contributed by atoms with E-state index in [1.165, 1.54) is 12.2 Å². The minimum atomic E-state index is -0.695. The number of hydroxylamine groups is 2. The third-order valence-corrected chi connectivity index (χ3v) is 7.33. The van der Waals surface area contributed by atoms with Gasteiger partial charge in [-0.3, -0.25) is 25.2 Å². The zero-order valence-electron chi connectivity index (χ0n) is 24.3. The molecule has 11 nitrogen and oxygen atoms in total. The molecule has 0 saturated carbocycles. The molecule has 1 fully saturated rings. The lowest BCUT2D eigenvalue weighted by Gasteiger charge is -2.24. The van der Waals surface area contributed by atoms with E-state index in [1.54, 1.807) is 0 Å². The first kappa shape index (κ1) is 31.2. The van der Waals surface area contributed by atoms with E-state index in [1.807, 2.05) is 67.6 Å². The van der Waals surface area contributed by atoms with Crippen LogP contribution in [0.3, 0.4) is 0 Å². The van der Waals surface area contributed by atoms with E-state index in [2.05, 4.69) is 25.8 Å². The molecule has 0 aromatic heterocycles. The number of benzene rings is 3. The highest BCUT2D eigenvalue weighted by Crippen LogP contribution is 2.26. The molecule has 226 valence electrons. The van der Waals surface area contributed by atoms with Crippen molar-refractivity contribution in [3.8, 4) is 0 Å². The maximum absolute atomic E-state index is 13.8. The van der Waals surface area contributed by atoms with E-state index in [0.29, 0.717) is 30.8 Å². The van der Waals surface area contributed by atoms with Crippen LogP contribution < -0.4 is 21.1 Å². The second-order valence-corrected chi connectivity index (χ2v) is 10.3. The van der Waals surface area contributed by atoms with Crippen LogP contribution in [0.1, 0.15) is 47.3 Å². The van der Waals surface area contributed by atoms with Gasteiger partial charge in [-0.2, -0.15) is 5.06 Å². The number of hydrogen-bond acceptors (Lipinski definition) is 8. The maximum atomic E-state index is 13.8. The van der Waals surface area contributed by atoms with Gasteiger partial charge in [-0.1, -0.05) is 48.5 Å². The topological polar surface area (TPSA) is 140 Å². The quantitative estimate of drug-likeness (QED) is 0.170. The third-order valence-electron chi connectivity index (χ3n) is 7.33. The van der Waals surface area contributed by atoms with Crippen LogP contribution in [0.4, 0.5) is 5.69 Å². The Hall–Kier alpha value is -4.74. The molecule has 4 N–H and O–H groups in total. The van der Waals surface area contributed by atoms with Crippen molar-refractivity contribution in [1.82, 2.24) is 21.2 Å². The molecule has 0 spiro atoms. The van der Waals surface area contributed by atoms with Crippen LogP contribution >= 0.6 is 0 Å². The van der Waals surface area contributed by atoms with Crippen LogP contribution in [0.25, 0.3) is 10.8 Å². The van der Waals surface area contributed by atoms with Crippen LogP contribution in [0.15, 0.2) is 72.8 Å². The first-order valence-corrected chi connectivity index (χ1v) is 14.2. The SMILES string of the molecule is COC(=O)/C=C/C(=O)NNC(=O)CCc1ccc(N2CCCN(O)CC2)cc1C(=O)NC(C)c1cccc2ccccc12. The molecule has 3 aromatic rings. The first-order valence-electron chi connectivity index (χ1n) is 14.2. The number of carbonyl (C=O) groups excluding carboxylic acids is 4. The average molecular weight is 588 g/mol. The van der Waals surface area contributed by atoms with Crippen LogP contribution in [0, 0.1) is 0 Å². The number of esters is 1. The third kappa shape index (κ3) is 8.63. The van der Waals surface area contributed by atoms with Crippen LogP contribution in [0.2, 0.25) is 0 Å². The minimum Gasteiger partial charge on any atom is -0.466 e. The lowest BCUT2D eigenvalue weighted by atomic mass is 9.98. The highest BCUT2D eigenvalue weighted by atomic mass is 16.5. The van der Waals surface area contributed by atoms with Crippen molar-refractivity contribution in [2.45, 2.75) is 32.2 Å². The Morgan fingerprint density at radius 1 is 0.953 bits per heavy atom. The van der Waals surface area contributed by atoms with Crippen molar-refractivity contribution >= 4 is 40.2 Å². The summed E-state index contributed by atoms with van der Waals surface area (Å²) in [5.41, 5.74) is 7.50. The second kappa shape index (κ2) is 14.9. The molecule has 0 bridgehead atoms. The van der Waals surface area contributed by atoms with E-state index in [4.69, 9.17) is 0 Å². The molecular formula is C32H37N5O6. The van der Waals surface area contributed by atoms with E-state index in [0.717, 1.165) is 47.1 Å². The number of ether oxygens (including phenoxy) is 1. The molecule has 4 rings (SSSR count). The summed E-state index contributed by atoms with van der Waals surface area (Å²) >= 11 is 0. The molecule has 1 unspecified atom stereocenters. The minimum absolute atomic E-state index is 0.00266. The Balaban J connectivity index is 1.50. The van der Waals surface area contributed by atoms with E-state index in [9.17, 15) is 24.4 Å². The number of anilines is 1. The summed E-state index contributed by atoms with van der Waals surface area (Å²) in [4.78, 5) is 51.4. The fraction of sp³-hybridized carbons (Fsp3) is 0.312. The largest absolute Gasteiger partial charge is 0.466 e. The van der Waals surface area contributed by atoms with Gasteiger partial charge in [0.1, 0.15) is 0 Å².